The first-order valence-corrected chi connectivity index (χ1v) is 5.86. The Balaban J connectivity index is 2.79. The van der Waals surface area contributed by atoms with Crippen LogP contribution in [0.2, 0.25) is 0 Å². The van der Waals surface area contributed by atoms with Gasteiger partial charge >= 0.3 is 18.2 Å². The molecule has 19 heavy (non-hydrogen) atoms. The van der Waals surface area contributed by atoms with Crippen molar-refractivity contribution in [2.75, 3.05) is 7.05 Å². The van der Waals surface area contributed by atoms with Crippen LogP contribution in [-0.4, -0.2) is 46.8 Å². The van der Waals surface area contributed by atoms with E-state index < -0.39 is 23.7 Å². The molecule has 1 fully saturated rings. The maximum Gasteiger partial charge on any atom is 0.422 e. The SMILES string of the molecule is CC(C1CC1)N(C)C(=O)NC(C)(C(=O)O)C(F)(F)F. The normalized spacial score (nSPS) is 20.3. The van der Waals surface area contributed by atoms with Gasteiger partial charge in [0, 0.05) is 13.1 Å². The lowest BCUT2D eigenvalue weighted by atomic mass is 10.0. The molecule has 8 heteroatoms. The van der Waals surface area contributed by atoms with E-state index in [0.717, 1.165) is 17.7 Å². The molecule has 0 radical (unpaired) electrons. The molecule has 0 bridgehead atoms. The highest BCUT2D eigenvalue weighted by atomic mass is 19.4. The predicted octanol–water partition coefficient (Wildman–Crippen LogP) is 1.83. The number of halogens is 3. The third-order valence-corrected chi connectivity index (χ3v) is 3.59. The van der Waals surface area contributed by atoms with Crippen molar-refractivity contribution in [3.63, 3.8) is 0 Å². The monoisotopic (exact) mass is 282 g/mol. The number of urea groups is 1. The number of carboxylic acid groups (broad SMARTS) is 1. The van der Waals surface area contributed by atoms with Crippen LogP contribution in [0.15, 0.2) is 0 Å². The molecule has 0 aromatic carbocycles. The Morgan fingerprint density at radius 3 is 2.16 bits per heavy atom. The summed E-state index contributed by atoms with van der Waals surface area (Å²) in [6, 6.07) is -1.26. The lowest BCUT2D eigenvalue weighted by Gasteiger charge is -2.32. The van der Waals surface area contributed by atoms with Gasteiger partial charge in [-0.3, -0.25) is 0 Å². The molecule has 0 spiro atoms. The van der Waals surface area contributed by atoms with E-state index in [1.54, 1.807) is 12.2 Å². The third-order valence-electron chi connectivity index (χ3n) is 3.59. The van der Waals surface area contributed by atoms with Crippen LogP contribution in [0.3, 0.4) is 0 Å². The lowest BCUT2D eigenvalue weighted by Crippen LogP contribution is -2.64. The molecule has 0 aromatic rings. The molecule has 110 valence electrons. The summed E-state index contributed by atoms with van der Waals surface area (Å²) in [5, 5.41) is 10.3. The summed E-state index contributed by atoms with van der Waals surface area (Å²) in [7, 11) is 1.36. The van der Waals surface area contributed by atoms with Gasteiger partial charge in [0.05, 0.1) is 0 Å². The van der Waals surface area contributed by atoms with Gasteiger partial charge < -0.3 is 15.3 Å². The number of aliphatic carboxylic acids is 1. The number of nitrogens with one attached hydrogen (secondary N) is 1. The topological polar surface area (TPSA) is 69.6 Å². The van der Waals surface area contributed by atoms with Gasteiger partial charge in [0.2, 0.25) is 5.54 Å². The van der Waals surface area contributed by atoms with Gasteiger partial charge in [0.1, 0.15) is 0 Å². The number of amides is 2. The molecule has 1 rings (SSSR count). The van der Waals surface area contributed by atoms with Gasteiger partial charge in [-0.25, -0.2) is 9.59 Å². The zero-order chi connectivity index (χ0) is 15.0. The van der Waals surface area contributed by atoms with Crippen LogP contribution < -0.4 is 5.32 Å². The average Bonchev–Trinajstić information content (AvgIpc) is 3.08. The van der Waals surface area contributed by atoms with E-state index in [2.05, 4.69) is 0 Å². The molecular formula is C11H17F3N2O3. The van der Waals surface area contributed by atoms with Gasteiger partial charge in [-0.2, -0.15) is 13.2 Å². The first kappa shape index (κ1) is 15.6. The fourth-order valence-electron chi connectivity index (χ4n) is 1.63. The van der Waals surface area contributed by atoms with E-state index in [-0.39, 0.29) is 12.0 Å². The maximum absolute atomic E-state index is 12.7. The van der Waals surface area contributed by atoms with Crippen molar-refractivity contribution in [2.45, 2.75) is 44.4 Å². The van der Waals surface area contributed by atoms with Crippen molar-refractivity contribution >= 4 is 12.0 Å². The van der Waals surface area contributed by atoms with E-state index >= 15 is 0 Å². The van der Waals surface area contributed by atoms with Gasteiger partial charge in [0.15, 0.2) is 0 Å². The molecule has 1 aliphatic rings. The van der Waals surface area contributed by atoms with E-state index in [0.29, 0.717) is 6.92 Å². The van der Waals surface area contributed by atoms with Crippen LogP contribution >= 0.6 is 0 Å². The summed E-state index contributed by atoms with van der Waals surface area (Å²) in [5.74, 6) is -1.86. The summed E-state index contributed by atoms with van der Waals surface area (Å²) >= 11 is 0. The number of carbonyl (C=O) groups is 2. The summed E-state index contributed by atoms with van der Waals surface area (Å²) in [5.41, 5.74) is -3.29. The zero-order valence-corrected chi connectivity index (χ0v) is 10.9. The average molecular weight is 282 g/mol. The highest BCUT2D eigenvalue weighted by molar-refractivity contribution is 5.86. The quantitative estimate of drug-likeness (QED) is 0.826. The largest absolute Gasteiger partial charge is 0.479 e. The third kappa shape index (κ3) is 3.10. The number of alkyl halides is 3. The lowest BCUT2D eigenvalue weighted by molar-refractivity contribution is -0.203. The van der Waals surface area contributed by atoms with Crippen molar-refractivity contribution in [1.82, 2.24) is 10.2 Å². The number of carbonyl (C=O) groups excluding carboxylic acids is 1. The van der Waals surface area contributed by atoms with Crippen molar-refractivity contribution in [2.24, 2.45) is 5.92 Å². The predicted molar refractivity (Wildman–Crippen MR) is 60.6 cm³/mol. The standard InChI is InChI=1S/C11H17F3N2O3/c1-6(7-4-5-7)16(3)9(19)15-10(2,8(17)18)11(12,13)14/h6-7H,4-5H2,1-3H3,(H,15,19)(H,17,18). The van der Waals surface area contributed by atoms with Gasteiger partial charge in [-0.15, -0.1) is 0 Å². The fraction of sp³-hybridized carbons (Fsp3) is 0.818. The van der Waals surface area contributed by atoms with Gasteiger partial charge in [-0.05, 0) is 32.6 Å². The van der Waals surface area contributed by atoms with Crippen molar-refractivity contribution < 1.29 is 27.9 Å². The summed E-state index contributed by atoms with van der Waals surface area (Å²) < 4.78 is 38.2. The zero-order valence-electron chi connectivity index (χ0n) is 10.9. The minimum Gasteiger partial charge on any atom is -0.479 e. The summed E-state index contributed by atoms with van der Waals surface area (Å²) in [4.78, 5) is 23.6. The molecule has 0 aromatic heterocycles. The van der Waals surface area contributed by atoms with E-state index in [9.17, 15) is 22.8 Å². The smallest absolute Gasteiger partial charge is 0.422 e. The number of hydrogen-bond acceptors (Lipinski definition) is 2. The molecule has 0 aliphatic heterocycles. The molecule has 2 N–H and O–H groups in total. The Labute approximate surface area is 108 Å². The molecule has 2 unspecified atom stereocenters. The summed E-state index contributed by atoms with van der Waals surface area (Å²) in [6.07, 6.45) is -3.22. The van der Waals surface area contributed by atoms with E-state index in [1.165, 1.54) is 7.05 Å². The van der Waals surface area contributed by atoms with Crippen molar-refractivity contribution in [3.05, 3.63) is 0 Å². The van der Waals surface area contributed by atoms with Crippen molar-refractivity contribution in [3.8, 4) is 0 Å². The second kappa shape index (κ2) is 4.90. The van der Waals surface area contributed by atoms with Crippen LogP contribution in [0.5, 0.6) is 0 Å². The Hall–Kier alpha value is -1.47. The molecule has 2 atom stereocenters. The minimum absolute atomic E-state index is 0.216. The van der Waals surface area contributed by atoms with E-state index in [4.69, 9.17) is 5.11 Å². The Morgan fingerprint density at radius 1 is 1.37 bits per heavy atom. The molecule has 0 heterocycles. The number of nitrogens with zero attached hydrogens (tertiary/aromatic N) is 1. The summed E-state index contributed by atoms with van der Waals surface area (Å²) in [6.45, 7) is 2.16. The van der Waals surface area contributed by atoms with Crippen LogP contribution in [0.4, 0.5) is 18.0 Å². The fourth-order valence-corrected chi connectivity index (χ4v) is 1.63. The van der Waals surface area contributed by atoms with Crippen LogP contribution in [0, 0.1) is 5.92 Å². The molecular weight excluding hydrogens is 265 g/mol. The number of rotatable bonds is 4. The Bertz CT molecular complexity index is 382. The number of carboxylic acids is 1. The second-order valence-electron chi connectivity index (χ2n) is 5.05. The molecule has 0 saturated heterocycles. The number of hydrogen-bond donors (Lipinski definition) is 2. The first-order valence-electron chi connectivity index (χ1n) is 5.86. The highest BCUT2D eigenvalue weighted by Crippen LogP contribution is 2.35. The molecule has 5 nitrogen and oxygen atoms in total. The maximum atomic E-state index is 12.7. The Morgan fingerprint density at radius 2 is 1.84 bits per heavy atom. The molecule has 1 saturated carbocycles. The second-order valence-corrected chi connectivity index (χ2v) is 5.05. The van der Waals surface area contributed by atoms with Crippen LogP contribution in [0.1, 0.15) is 26.7 Å². The van der Waals surface area contributed by atoms with Gasteiger partial charge in [0.25, 0.3) is 0 Å². The van der Waals surface area contributed by atoms with Crippen LogP contribution in [-0.2, 0) is 4.79 Å². The Kier molecular flexibility index (Phi) is 4.02. The van der Waals surface area contributed by atoms with Gasteiger partial charge in [-0.1, -0.05) is 0 Å². The van der Waals surface area contributed by atoms with Crippen LogP contribution in [0.25, 0.3) is 0 Å². The highest BCUT2D eigenvalue weighted by Gasteiger charge is 2.59. The van der Waals surface area contributed by atoms with E-state index in [1.807, 2.05) is 0 Å². The first-order chi connectivity index (χ1) is 8.50. The minimum atomic E-state index is -5.07. The molecule has 2 amide bonds. The van der Waals surface area contributed by atoms with Crippen molar-refractivity contribution in [1.29, 1.82) is 0 Å². The molecule has 1 aliphatic carbocycles.